The van der Waals surface area contributed by atoms with Crippen LogP contribution in [0.4, 0.5) is 11.9 Å². The molecule has 0 bridgehead atoms. The number of H-pyrrole nitrogens is 1. The number of carbonyl (C=O) groups is 1. The number of nitrogens with two attached hydrogens (primary N) is 2. The first-order valence-electron chi connectivity index (χ1n) is 9.22. The molecule has 0 fully saturated rings. The van der Waals surface area contributed by atoms with Crippen LogP contribution in [-0.2, 0) is 11.2 Å². The molecule has 1 aromatic carbocycles. The molecule has 0 aliphatic rings. The van der Waals surface area contributed by atoms with E-state index in [2.05, 4.69) is 41.2 Å². The summed E-state index contributed by atoms with van der Waals surface area (Å²) >= 11 is 0. The quantitative estimate of drug-likeness (QED) is 0.314. The smallest absolute Gasteiger partial charge is 0.260 e. The third-order valence-corrected chi connectivity index (χ3v) is 3.75. The van der Waals surface area contributed by atoms with Crippen LogP contribution in [0.3, 0.4) is 0 Å². The van der Waals surface area contributed by atoms with Gasteiger partial charge in [0, 0.05) is 25.5 Å². The Balaban J connectivity index is 0.000000426. The predicted octanol–water partition coefficient (Wildman–Crippen LogP) is 0.137. The van der Waals surface area contributed by atoms with E-state index < -0.39 is 6.04 Å². The van der Waals surface area contributed by atoms with Crippen molar-refractivity contribution in [2.75, 3.05) is 24.1 Å². The summed E-state index contributed by atoms with van der Waals surface area (Å²) in [5.74, 6) is 0.699. The van der Waals surface area contributed by atoms with Crippen LogP contribution < -0.4 is 22.1 Å². The lowest BCUT2D eigenvalue weighted by molar-refractivity contribution is -0.122. The number of hydrogen-bond donors (Lipinski definition) is 5. The van der Waals surface area contributed by atoms with Gasteiger partial charge in [0.05, 0.1) is 6.04 Å². The molecule has 0 spiro atoms. The Hall–Kier alpha value is -3.60. The summed E-state index contributed by atoms with van der Waals surface area (Å²) in [6, 6.07) is 11.1. The first-order valence-corrected chi connectivity index (χ1v) is 9.22. The Bertz CT molecular complexity index is 798. The van der Waals surface area contributed by atoms with Crippen LogP contribution in [0.15, 0.2) is 48.8 Å². The van der Waals surface area contributed by atoms with Gasteiger partial charge in [0.2, 0.25) is 11.9 Å². The van der Waals surface area contributed by atoms with Crippen molar-refractivity contribution < 1.29 is 4.79 Å². The maximum atomic E-state index is 11.9. The van der Waals surface area contributed by atoms with Gasteiger partial charge in [-0.1, -0.05) is 35.4 Å². The third kappa shape index (κ3) is 9.24. The van der Waals surface area contributed by atoms with E-state index in [4.69, 9.17) is 11.5 Å². The number of aromatic amines is 1. The monoisotopic (exact) mass is 398 g/mol. The molecule has 3 rings (SSSR count). The zero-order chi connectivity index (χ0) is 20.7. The molecule has 3 aromatic rings. The lowest BCUT2D eigenvalue weighted by Gasteiger charge is -2.12. The summed E-state index contributed by atoms with van der Waals surface area (Å²) in [6.45, 7) is 1.40. The van der Waals surface area contributed by atoms with Crippen molar-refractivity contribution in [2.24, 2.45) is 5.73 Å². The molecule has 1 amide bonds. The molecule has 11 heteroatoms. The predicted molar refractivity (Wildman–Crippen MR) is 109 cm³/mol. The second kappa shape index (κ2) is 12.7. The van der Waals surface area contributed by atoms with E-state index in [1.165, 1.54) is 0 Å². The summed E-state index contributed by atoms with van der Waals surface area (Å²) in [5, 5.41) is 18.0. The highest BCUT2D eigenvalue weighted by Gasteiger charge is 2.12. The van der Waals surface area contributed by atoms with Gasteiger partial charge in [-0.2, -0.15) is 5.21 Å². The molecule has 29 heavy (non-hydrogen) atoms. The van der Waals surface area contributed by atoms with Gasteiger partial charge in [0.25, 0.3) is 5.95 Å². The highest BCUT2D eigenvalue weighted by atomic mass is 16.2. The second-order valence-electron chi connectivity index (χ2n) is 6.06. The van der Waals surface area contributed by atoms with Crippen molar-refractivity contribution in [1.82, 2.24) is 35.9 Å². The van der Waals surface area contributed by atoms with E-state index in [1.807, 2.05) is 30.3 Å². The van der Waals surface area contributed by atoms with Crippen molar-refractivity contribution in [1.29, 1.82) is 0 Å². The number of amides is 1. The fraction of sp³-hybridized carbons (Fsp3) is 0.333. The number of carbonyl (C=O) groups excluding carboxylic acids is 1. The molecular weight excluding hydrogens is 372 g/mol. The van der Waals surface area contributed by atoms with Crippen LogP contribution in [0.2, 0.25) is 0 Å². The summed E-state index contributed by atoms with van der Waals surface area (Å²) in [5.41, 5.74) is 12.0. The molecule has 0 aliphatic carbocycles. The van der Waals surface area contributed by atoms with Gasteiger partial charge >= 0.3 is 0 Å². The van der Waals surface area contributed by atoms with Crippen molar-refractivity contribution in [3.8, 4) is 0 Å². The molecule has 7 N–H and O–H groups in total. The molecule has 0 saturated heterocycles. The number of nitrogens with one attached hydrogen (secondary N) is 3. The molecular formula is C18H26N10O. The Kier molecular flexibility index (Phi) is 9.52. The molecule has 0 radical (unpaired) electrons. The molecule has 2 aromatic heterocycles. The average molecular weight is 398 g/mol. The molecule has 0 unspecified atom stereocenters. The number of benzene rings is 1. The van der Waals surface area contributed by atoms with Gasteiger partial charge in [-0.15, -0.1) is 5.10 Å². The van der Waals surface area contributed by atoms with Crippen molar-refractivity contribution in [2.45, 2.75) is 25.3 Å². The van der Waals surface area contributed by atoms with Gasteiger partial charge in [-0.3, -0.25) is 4.79 Å². The molecule has 2 heterocycles. The zero-order valence-electron chi connectivity index (χ0n) is 16.0. The van der Waals surface area contributed by atoms with Gasteiger partial charge in [-0.25, -0.2) is 9.97 Å². The van der Waals surface area contributed by atoms with Gasteiger partial charge in [-0.05, 0) is 36.1 Å². The molecule has 11 nitrogen and oxygen atoms in total. The normalized spacial score (nSPS) is 11.1. The number of tetrazole rings is 1. The number of rotatable bonds is 9. The third-order valence-electron chi connectivity index (χ3n) is 3.75. The highest BCUT2D eigenvalue weighted by Crippen LogP contribution is 2.02. The van der Waals surface area contributed by atoms with E-state index >= 15 is 0 Å². The Morgan fingerprint density at radius 1 is 1.07 bits per heavy atom. The number of anilines is 2. The van der Waals surface area contributed by atoms with E-state index in [9.17, 15) is 4.79 Å². The fourth-order valence-corrected chi connectivity index (χ4v) is 2.31. The fourth-order valence-electron chi connectivity index (χ4n) is 2.31. The minimum atomic E-state index is -0.506. The van der Waals surface area contributed by atoms with Crippen molar-refractivity contribution in [3.05, 3.63) is 54.4 Å². The Morgan fingerprint density at radius 2 is 1.79 bits per heavy atom. The summed E-state index contributed by atoms with van der Waals surface area (Å²) in [4.78, 5) is 20.1. The van der Waals surface area contributed by atoms with Crippen LogP contribution in [0.25, 0.3) is 0 Å². The number of hydrogen-bond acceptors (Lipinski definition) is 9. The minimum Gasteiger partial charge on any atom is -0.365 e. The summed E-state index contributed by atoms with van der Waals surface area (Å²) in [7, 11) is 0. The standard InChI is InChI=1S/C17H23N5O.CH3N5/c18-15(13-14-7-2-1-3-8-14)16(23)19-9-4-5-10-20-17-21-11-6-12-22-17;2-1-3-5-6-4-1/h1-3,6-8,11-12,15H,4-5,9-10,13,18H2,(H,19,23)(H,20,21,22);(H3,2,3,4,5,6)/t15-;/m0./s1. The number of nitrogens with zero attached hydrogens (tertiary/aromatic N) is 5. The number of aromatic nitrogens is 6. The van der Waals surface area contributed by atoms with E-state index in [0.29, 0.717) is 18.9 Å². The largest absolute Gasteiger partial charge is 0.365 e. The lowest BCUT2D eigenvalue weighted by Crippen LogP contribution is -2.42. The van der Waals surface area contributed by atoms with Crippen molar-refractivity contribution in [3.63, 3.8) is 0 Å². The summed E-state index contributed by atoms with van der Waals surface area (Å²) < 4.78 is 0. The highest BCUT2D eigenvalue weighted by molar-refractivity contribution is 5.81. The number of nitrogen functional groups attached to an aromatic ring is 1. The first-order chi connectivity index (χ1) is 14.1. The minimum absolute atomic E-state index is 0.104. The van der Waals surface area contributed by atoms with E-state index in [1.54, 1.807) is 18.5 Å². The topological polar surface area (TPSA) is 173 Å². The lowest BCUT2D eigenvalue weighted by atomic mass is 10.1. The SMILES string of the molecule is N[C@@H](Cc1ccccc1)C(=O)NCCCCNc1ncccn1.Nc1nn[nH]n1. The van der Waals surface area contributed by atoms with Crippen LogP contribution in [0, 0.1) is 0 Å². The van der Waals surface area contributed by atoms with E-state index in [-0.39, 0.29) is 11.9 Å². The Morgan fingerprint density at radius 3 is 2.41 bits per heavy atom. The van der Waals surface area contributed by atoms with Gasteiger partial charge in [0.1, 0.15) is 0 Å². The molecule has 1 atom stereocenters. The van der Waals surface area contributed by atoms with Crippen molar-refractivity contribution >= 4 is 17.8 Å². The van der Waals surface area contributed by atoms with Gasteiger partial charge < -0.3 is 22.1 Å². The maximum Gasteiger partial charge on any atom is 0.260 e. The number of unbranched alkanes of at least 4 members (excludes halogenated alkanes) is 1. The van der Waals surface area contributed by atoms with Gasteiger partial charge in [0.15, 0.2) is 0 Å². The Labute approximate surface area is 168 Å². The first kappa shape index (κ1) is 21.7. The maximum absolute atomic E-state index is 11.9. The van der Waals surface area contributed by atoms with Crippen LogP contribution >= 0.6 is 0 Å². The van der Waals surface area contributed by atoms with Crippen LogP contribution in [-0.4, -0.2) is 55.6 Å². The average Bonchev–Trinajstić information content (AvgIpc) is 3.23. The zero-order valence-corrected chi connectivity index (χ0v) is 16.0. The molecule has 154 valence electrons. The molecule has 0 aliphatic heterocycles. The molecule has 0 saturated carbocycles. The summed E-state index contributed by atoms with van der Waals surface area (Å²) in [6.07, 6.45) is 5.75. The van der Waals surface area contributed by atoms with Crippen LogP contribution in [0.5, 0.6) is 0 Å². The van der Waals surface area contributed by atoms with E-state index in [0.717, 1.165) is 24.9 Å². The van der Waals surface area contributed by atoms with Crippen LogP contribution in [0.1, 0.15) is 18.4 Å². The second-order valence-corrected chi connectivity index (χ2v) is 6.06.